The summed E-state index contributed by atoms with van der Waals surface area (Å²) in [7, 11) is -3.05. The van der Waals surface area contributed by atoms with E-state index in [-0.39, 0.29) is 5.54 Å². The molecule has 2 fully saturated rings. The Kier molecular flexibility index (Phi) is 5.97. The summed E-state index contributed by atoms with van der Waals surface area (Å²) >= 11 is 6.25. The summed E-state index contributed by atoms with van der Waals surface area (Å²) in [5.41, 5.74) is 0.0621. The molecule has 0 spiro atoms. The van der Waals surface area contributed by atoms with Gasteiger partial charge < -0.3 is 5.32 Å². The first-order valence-corrected chi connectivity index (χ1v) is 10.5. The van der Waals surface area contributed by atoms with Gasteiger partial charge >= 0.3 is 0 Å². The summed E-state index contributed by atoms with van der Waals surface area (Å²) in [6.45, 7) is 4.51. The fraction of sp³-hybridized carbons (Fsp3) is 1.00. The van der Waals surface area contributed by atoms with Crippen LogP contribution in [0, 0.1) is 11.8 Å². The number of nitrogens with zero attached hydrogens (tertiary/aromatic N) is 1. The Bertz CT molecular complexity index is 443. The standard InChI is InChI=1S/C15H29ClN2O2S/c1-13-5-3-7-15(9-13,12-16)17-10-14-6-4-8-18(11-14)21(2,19)20/h13-14,17H,3-12H2,1-2H3. The van der Waals surface area contributed by atoms with Crippen LogP contribution in [-0.4, -0.2) is 50.0 Å². The SMILES string of the molecule is CC1CCCC(CCl)(NCC2CCCN(S(C)(=O)=O)C2)C1. The van der Waals surface area contributed by atoms with Crippen LogP contribution in [-0.2, 0) is 10.0 Å². The van der Waals surface area contributed by atoms with Gasteiger partial charge in [-0.2, -0.15) is 0 Å². The van der Waals surface area contributed by atoms with E-state index in [0.717, 1.165) is 38.1 Å². The third-order valence-electron chi connectivity index (χ3n) is 5.06. The number of alkyl halides is 1. The molecule has 1 aliphatic heterocycles. The van der Waals surface area contributed by atoms with E-state index in [1.807, 2.05) is 0 Å². The van der Waals surface area contributed by atoms with Crippen LogP contribution in [0.2, 0.25) is 0 Å². The molecule has 0 radical (unpaired) electrons. The summed E-state index contributed by atoms with van der Waals surface area (Å²) in [6, 6.07) is 0. The quantitative estimate of drug-likeness (QED) is 0.784. The fourth-order valence-corrected chi connectivity index (χ4v) is 5.12. The van der Waals surface area contributed by atoms with Crippen LogP contribution < -0.4 is 5.32 Å². The summed E-state index contributed by atoms with van der Waals surface area (Å²) < 4.78 is 25.0. The maximum absolute atomic E-state index is 11.7. The van der Waals surface area contributed by atoms with Crippen molar-refractivity contribution < 1.29 is 8.42 Å². The van der Waals surface area contributed by atoms with Crippen molar-refractivity contribution in [2.75, 3.05) is 31.8 Å². The Balaban J connectivity index is 1.89. The zero-order valence-corrected chi connectivity index (χ0v) is 14.8. The van der Waals surface area contributed by atoms with Crippen LogP contribution in [0.25, 0.3) is 0 Å². The molecule has 3 atom stereocenters. The minimum Gasteiger partial charge on any atom is -0.310 e. The smallest absolute Gasteiger partial charge is 0.211 e. The van der Waals surface area contributed by atoms with Gasteiger partial charge in [-0.1, -0.05) is 19.8 Å². The lowest BCUT2D eigenvalue weighted by Crippen LogP contribution is -2.53. The van der Waals surface area contributed by atoms with Crippen molar-refractivity contribution >= 4 is 21.6 Å². The zero-order valence-electron chi connectivity index (χ0n) is 13.3. The largest absolute Gasteiger partial charge is 0.310 e. The Morgan fingerprint density at radius 1 is 1.33 bits per heavy atom. The lowest BCUT2D eigenvalue weighted by atomic mass is 9.77. The Hall–Kier alpha value is 0.160. The topological polar surface area (TPSA) is 49.4 Å². The summed E-state index contributed by atoms with van der Waals surface area (Å²) in [4.78, 5) is 0. The van der Waals surface area contributed by atoms with E-state index in [0.29, 0.717) is 24.9 Å². The molecule has 3 unspecified atom stereocenters. The molecule has 0 aromatic carbocycles. The van der Waals surface area contributed by atoms with Gasteiger partial charge in [0.1, 0.15) is 0 Å². The molecule has 1 N–H and O–H groups in total. The van der Waals surface area contributed by atoms with Crippen LogP contribution in [0.1, 0.15) is 45.4 Å². The first-order valence-electron chi connectivity index (χ1n) is 8.11. The summed E-state index contributed by atoms with van der Waals surface area (Å²) in [6.07, 6.45) is 8.19. The van der Waals surface area contributed by atoms with Crippen LogP contribution in [0.4, 0.5) is 0 Å². The van der Waals surface area contributed by atoms with Gasteiger partial charge in [0.15, 0.2) is 0 Å². The first kappa shape index (κ1) is 17.5. The minimum atomic E-state index is -3.05. The van der Waals surface area contributed by atoms with Crippen molar-refractivity contribution in [1.82, 2.24) is 9.62 Å². The van der Waals surface area contributed by atoms with Crippen LogP contribution in [0.3, 0.4) is 0 Å². The van der Waals surface area contributed by atoms with E-state index in [4.69, 9.17) is 11.6 Å². The predicted molar refractivity (Wildman–Crippen MR) is 88.2 cm³/mol. The lowest BCUT2D eigenvalue weighted by Gasteiger charge is -2.41. The van der Waals surface area contributed by atoms with Gasteiger partial charge in [-0.05, 0) is 44.1 Å². The van der Waals surface area contributed by atoms with Crippen LogP contribution >= 0.6 is 11.6 Å². The Labute approximate surface area is 134 Å². The van der Waals surface area contributed by atoms with Gasteiger partial charge in [-0.3, -0.25) is 0 Å². The lowest BCUT2D eigenvalue weighted by molar-refractivity contribution is 0.182. The molecule has 1 aliphatic carbocycles. The number of nitrogens with one attached hydrogen (secondary N) is 1. The highest BCUT2D eigenvalue weighted by molar-refractivity contribution is 7.88. The normalized spacial score (nSPS) is 35.8. The monoisotopic (exact) mass is 336 g/mol. The summed E-state index contributed by atoms with van der Waals surface area (Å²) in [5.74, 6) is 1.79. The molecule has 4 nitrogen and oxygen atoms in total. The minimum absolute atomic E-state index is 0.0621. The van der Waals surface area contributed by atoms with E-state index >= 15 is 0 Å². The maximum atomic E-state index is 11.7. The number of piperidine rings is 1. The highest BCUT2D eigenvalue weighted by Gasteiger charge is 2.35. The fourth-order valence-electron chi connectivity index (χ4n) is 3.84. The van der Waals surface area contributed by atoms with Crippen molar-refractivity contribution in [3.8, 4) is 0 Å². The number of hydrogen-bond donors (Lipinski definition) is 1. The molecule has 1 saturated carbocycles. The van der Waals surface area contributed by atoms with Crippen molar-refractivity contribution in [2.45, 2.75) is 51.0 Å². The molecule has 124 valence electrons. The van der Waals surface area contributed by atoms with Gasteiger partial charge in [0, 0.05) is 24.5 Å². The second kappa shape index (κ2) is 7.16. The molecule has 1 saturated heterocycles. The third-order valence-corrected chi connectivity index (χ3v) is 6.85. The van der Waals surface area contributed by atoms with E-state index in [1.165, 1.54) is 19.1 Å². The highest BCUT2D eigenvalue weighted by atomic mass is 35.5. The molecule has 0 bridgehead atoms. The summed E-state index contributed by atoms with van der Waals surface area (Å²) in [5, 5.41) is 3.70. The molecule has 1 heterocycles. The van der Waals surface area contributed by atoms with Gasteiger partial charge in [-0.15, -0.1) is 11.6 Å². The number of sulfonamides is 1. The Morgan fingerprint density at radius 2 is 2.10 bits per heavy atom. The number of hydrogen-bond acceptors (Lipinski definition) is 3. The van der Waals surface area contributed by atoms with E-state index in [2.05, 4.69) is 12.2 Å². The average Bonchev–Trinajstić information content (AvgIpc) is 2.45. The predicted octanol–water partition coefficient (Wildman–Crippen LogP) is 2.44. The van der Waals surface area contributed by atoms with Gasteiger partial charge in [0.2, 0.25) is 10.0 Å². The molecule has 6 heteroatoms. The molecule has 21 heavy (non-hydrogen) atoms. The van der Waals surface area contributed by atoms with Crippen molar-refractivity contribution in [3.05, 3.63) is 0 Å². The van der Waals surface area contributed by atoms with E-state index < -0.39 is 10.0 Å². The highest BCUT2D eigenvalue weighted by Crippen LogP contribution is 2.33. The number of halogens is 1. The average molecular weight is 337 g/mol. The van der Waals surface area contributed by atoms with E-state index in [1.54, 1.807) is 4.31 Å². The van der Waals surface area contributed by atoms with Crippen molar-refractivity contribution in [2.24, 2.45) is 11.8 Å². The first-order chi connectivity index (χ1) is 9.85. The second-order valence-electron chi connectivity index (χ2n) is 7.13. The maximum Gasteiger partial charge on any atom is 0.211 e. The number of rotatable bonds is 5. The molecule has 2 rings (SSSR count). The molecule has 0 aromatic heterocycles. The van der Waals surface area contributed by atoms with Crippen LogP contribution in [0.15, 0.2) is 0 Å². The molecule has 0 amide bonds. The van der Waals surface area contributed by atoms with Gasteiger partial charge in [0.25, 0.3) is 0 Å². The zero-order chi connectivity index (χ0) is 15.5. The van der Waals surface area contributed by atoms with Crippen LogP contribution in [0.5, 0.6) is 0 Å². The second-order valence-corrected chi connectivity index (χ2v) is 9.38. The molecule has 2 aliphatic rings. The van der Waals surface area contributed by atoms with E-state index in [9.17, 15) is 8.42 Å². The molecular weight excluding hydrogens is 308 g/mol. The van der Waals surface area contributed by atoms with Gasteiger partial charge in [0.05, 0.1) is 6.26 Å². The van der Waals surface area contributed by atoms with Gasteiger partial charge in [-0.25, -0.2) is 12.7 Å². The van der Waals surface area contributed by atoms with Crippen molar-refractivity contribution in [3.63, 3.8) is 0 Å². The molecular formula is C15H29ClN2O2S. The van der Waals surface area contributed by atoms with Crippen molar-refractivity contribution in [1.29, 1.82) is 0 Å². The third kappa shape index (κ3) is 4.81. The Morgan fingerprint density at radius 3 is 2.71 bits per heavy atom. The molecule has 0 aromatic rings.